The molecule has 0 spiro atoms. The standard InChI is InChI=1S/C18H17ClF3N3O3/c19-15-10-16(17(25(27)28)9-14(15)18(20,21)22)24-6-4-23(5-7-24)11-12-2-1-3-13(26)8-12/h1-3,8-10,26H,4-7,11H2. The molecule has 0 bridgehead atoms. The molecule has 1 fully saturated rings. The van der Waals surface area contributed by atoms with Gasteiger partial charge in [0.2, 0.25) is 0 Å². The zero-order valence-corrected chi connectivity index (χ0v) is 15.4. The Balaban J connectivity index is 1.76. The van der Waals surface area contributed by atoms with Crippen molar-refractivity contribution in [1.82, 2.24) is 4.90 Å². The Bertz CT molecular complexity index is 884. The van der Waals surface area contributed by atoms with Gasteiger partial charge in [0.25, 0.3) is 5.69 Å². The first-order valence-electron chi connectivity index (χ1n) is 8.45. The number of halogens is 4. The SMILES string of the molecule is O=[N+]([O-])c1cc(C(F)(F)F)c(Cl)cc1N1CCN(Cc2cccc(O)c2)CC1. The molecule has 3 rings (SSSR count). The Hall–Kier alpha value is -2.52. The highest BCUT2D eigenvalue weighted by Crippen LogP contribution is 2.41. The molecule has 1 N–H and O–H groups in total. The van der Waals surface area contributed by atoms with Gasteiger partial charge in [0, 0.05) is 38.8 Å². The molecular weight excluding hydrogens is 399 g/mol. The van der Waals surface area contributed by atoms with Gasteiger partial charge in [-0.25, -0.2) is 0 Å². The van der Waals surface area contributed by atoms with Gasteiger partial charge in [0.05, 0.1) is 15.5 Å². The second kappa shape index (κ2) is 7.84. The quantitative estimate of drug-likeness (QED) is 0.595. The molecule has 10 heteroatoms. The van der Waals surface area contributed by atoms with Crippen molar-refractivity contribution < 1.29 is 23.2 Å². The number of alkyl halides is 3. The topological polar surface area (TPSA) is 69.9 Å². The average molecular weight is 416 g/mol. The van der Waals surface area contributed by atoms with E-state index in [-0.39, 0.29) is 11.4 Å². The largest absolute Gasteiger partial charge is 0.508 e. The first-order chi connectivity index (χ1) is 13.1. The van der Waals surface area contributed by atoms with Gasteiger partial charge in [-0.05, 0) is 23.8 Å². The van der Waals surface area contributed by atoms with Crippen LogP contribution in [0.25, 0.3) is 0 Å². The van der Waals surface area contributed by atoms with E-state index in [0.29, 0.717) is 38.8 Å². The van der Waals surface area contributed by atoms with Gasteiger partial charge >= 0.3 is 6.18 Å². The van der Waals surface area contributed by atoms with Crippen molar-refractivity contribution in [1.29, 1.82) is 0 Å². The number of aromatic hydroxyl groups is 1. The Morgan fingerprint density at radius 1 is 1.14 bits per heavy atom. The minimum Gasteiger partial charge on any atom is -0.508 e. The van der Waals surface area contributed by atoms with Crippen molar-refractivity contribution in [2.75, 3.05) is 31.1 Å². The van der Waals surface area contributed by atoms with Crippen molar-refractivity contribution in [3.8, 4) is 5.75 Å². The van der Waals surface area contributed by atoms with Gasteiger partial charge < -0.3 is 10.0 Å². The fraction of sp³-hybridized carbons (Fsp3) is 0.333. The smallest absolute Gasteiger partial charge is 0.418 e. The summed E-state index contributed by atoms with van der Waals surface area (Å²) in [5.74, 6) is 0.172. The van der Waals surface area contributed by atoms with E-state index in [1.807, 2.05) is 6.07 Å². The predicted octanol–water partition coefficient (Wildman–Crippen LogP) is 4.29. The molecule has 0 atom stereocenters. The molecule has 0 saturated carbocycles. The lowest BCUT2D eigenvalue weighted by molar-refractivity contribution is -0.384. The summed E-state index contributed by atoms with van der Waals surface area (Å²) in [5, 5.41) is 20.3. The number of phenolic OH excluding ortho intramolecular Hbond substituents is 1. The number of rotatable bonds is 4. The lowest BCUT2D eigenvalue weighted by Crippen LogP contribution is -2.46. The maximum absolute atomic E-state index is 13.0. The van der Waals surface area contributed by atoms with Crippen LogP contribution >= 0.6 is 11.6 Å². The van der Waals surface area contributed by atoms with Crippen LogP contribution in [0.5, 0.6) is 5.75 Å². The maximum atomic E-state index is 13.0. The third kappa shape index (κ3) is 4.48. The molecule has 28 heavy (non-hydrogen) atoms. The second-order valence-corrected chi connectivity index (χ2v) is 6.92. The minimum absolute atomic E-state index is 0.0833. The fourth-order valence-electron chi connectivity index (χ4n) is 3.23. The van der Waals surface area contributed by atoms with Crippen molar-refractivity contribution in [3.05, 3.63) is 62.7 Å². The predicted molar refractivity (Wildman–Crippen MR) is 98.7 cm³/mol. The highest BCUT2D eigenvalue weighted by molar-refractivity contribution is 6.31. The summed E-state index contributed by atoms with van der Waals surface area (Å²) in [6, 6.07) is 8.38. The number of anilines is 1. The summed E-state index contributed by atoms with van der Waals surface area (Å²) in [4.78, 5) is 14.3. The summed E-state index contributed by atoms with van der Waals surface area (Å²) in [7, 11) is 0. The number of nitro benzene ring substituents is 1. The number of benzene rings is 2. The van der Waals surface area contributed by atoms with Crippen LogP contribution in [-0.4, -0.2) is 41.1 Å². The Labute approximate surface area is 163 Å². The molecule has 1 heterocycles. The van der Waals surface area contributed by atoms with Crippen LogP contribution in [0.4, 0.5) is 24.5 Å². The summed E-state index contributed by atoms with van der Waals surface area (Å²) in [6.07, 6.45) is -4.76. The van der Waals surface area contributed by atoms with Crippen LogP contribution in [0.15, 0.2) is 36.4 Å². The number of hydrogen-bond donors (Lipinski definition) is 1. The van der Waals surface area contributed by atoms with Crippen LogP contribution in [-0.2, 0) is 12.7 Å². The molecular formula is C18H17ClF3N3O3. The second-order valence-electron chi connectivity index (χ2n) is 6.51. The molecule has 0 aromatic heterocycles. The van der Waals surface area contributed by atoms with Crippen molar-refractivity contribution in [2.24, 2.45) is 0 Å². The monoisotopic (exact) mass is 415 g/mol. The molecule has 2 aromatic rings. The van der Waals surface area contributed by atoms with E-state index in [4.69, 9.17) is 11.6 Å². The zero-order valence-electron chi connectivity index (χ0n) is 14.6. The van der Waals surface area contributed by atoms with E-state index in [9.17, 15) is 28.4 Å². The van der Waals surface area contributed by atoms with E-state index >= 15 is 0 Å². The highest BCUT2D eigenvalue weighted by atomic mass is 35.5. The summed E-state index contributed by atoms with van der Waals surface area (Å²) in [5.41, 5.74) is -0.817. The van der Waals surface area contributed by atoms with Crippen LogP contribution in [0, 0.1) is 10.1 Å². The van der Waals surface area contributed by atoms with Crippen LogP contribution < -0.4 is 4.90 Å². The Kier molecular flexibility index (Phi) is 5.66. The van der Waals surface area contributed by atoms with Crippen molar-refractivity contribution >= 4 is 23.0 Å². The first-order valence-corrected chi connectivity index (χ1v) is 8.83. The van der Waals surface area contributed by atoms with E-state index in [2.05, 4.69) is 4.90 Å². The molecule has 0 amide bonds. The Morgan fingerprint density at radius 3 is 2.39 bits per heavy atom. The molecule has 2 aromatic carbocycles. The molecule has 1 aliphatic heterocycles. The first kappa shape index (κ1) is 20.2. The van der Waals surface area contributed by atoms with Gasteiger partial charge in [0.15, 0.2) is 0 Å². The number of hydrogen-bond acceptors (Lipinski definition) is 5. The number of nitrogens with zero attached hydrogens (tertiary/aromatic N) is 3. The average Bonchev–Trinajstić information content (AvgIpc) is 2.61. The number of phenols is 1. The van der Waals surface area contributed by atoms with Gasteiger partial charge in [-0.3, -0.25) is 15.0 Å². The Morgan fingerprint density at radius 2 is 1.82 bits per heavy atom. The molecule has 1 saturated heterocycles. The number of piperazine rings is 1. The molecule has 150 valence electrons. The van der Waals surface area contributed by atoms with Crippen LogP contribution in [0.2, 0.25) is 5.02 Å². The lowest BCUT2D eigenvalue weighted by Gasteiger charge is -2.36. The normalized spacial score (nSPS) is 15.6. The van der Waals surface area contributed by atoms with Gasteiger partial charge in [-0.1, -0.05) is 23.7 Å². The molecule has 0 aliphatic carbocycles. The third-order valence-electron chi connectivity index (χ3n) is 4.60. The van der Waals surface area contributed by atoms with E-state index < -0.39 is 27.4 Å². The molecule has 1 aliphatic rings. The van der Waals surface area contributed by atoms with Crippen LogP contribution in [0.1, 0.15) is 11.1 Å². The van der Waals surface area contributed by atoms with E-state index in [1.165, 1.54) is 0 Å². The fourth-order valence-corrected chi connectivity index (χ4v) is 3.49. The summed E-state index contributed by atoms with van der Waals surface area (Å²) in [6.45, 7) is 2.53. The van der Waals surface area contributed by atoms with Crippen LogP contribution in [0.3, 0.4) is 0 Å². The van der Waals surface area contributed by atoms with Crippen molar-refractivity contribution in [3.63, 3.8) is 0 Å². The lowest BCUT2D eigenvalue weighted by atomic mass is 10.1. The summed E-state index contributed by atoms with van der Waals surface area (Å²) >= 11 is 5.76. The van der Waals surface area contributed by atoms with Gasteiger partial charge in [-0.15, -0.1) is 0 Å². The highest BCUT2D eigenvalue weighted by Gasteiger charge is 2.37. The third-order valence-corrected chi connectivity index (χ3v) is 4.91. The van der Waals surface area contributed by atoms with E-state index in [1.54, 1.807) is 23.1 Å². The molecule has 0 unspecified atom stereocenters. The molecule has 0 radical (unpaired) electrons. The summed E-state index contributed by atoms with van der Waals surface area (Å²) < 4.78 is 39.0. The molecule has 6 nitrogen and oxygen atoms in total. The van der Waals surface area contributed by atoms with Gasteiger partial charge in [0.1, 0.15) is 11.4 Å². The van der Waals surface area contributed by atoms with Gasteiger partial charge in [-0.2, -0.15) is 13.2 Å². The zero-order chi connectivity index (χ0) is 20.5. The van der Waals surface area contributed by atoms with E-state index in [0.717, 1.165) is 11.6 Å². The van der Waals surface area contributed by atoms with Crippen molar-refractivity contribution in [2.45, 2.75) is 12.7 Å². The number of nitro groups is 1. The minimum atomic E-state index is -4.76. The maximum Gasteiger partial charge on any atom is 0.418 e.